The first-order valence-electron chi connectivity index (χ1n) is 5.02. The van der Waals surface area contributed by atoms with Gasteiger partial charge >= 0.3 is 0 Å². The Bertz CT molecular complexity index is 229. The second-order valence-electron chi connectivity index (χ2n) is 3.60. The van der Waals surface area contributed by atoms with Gasteiger partial charge in [-0.3, -0.25) is 9.59 Å². The van der Waals surface area contributed by atoms with Crippen LogP contribution in [0.2, 0.25) is 0 Å². The van der Waals surface area contributed by atoms with Gasteiger partial charge in [-0.15, -0.1) is 0 Å². The Morgan fingerprint density at radius 3 is 2.73 bits per heavy atom. The molecule has 6 nitrogen and oxygen atoms in total. The SMILES string of the molecule is NC(=O)COCCNC(=O)CC1CNC1. The van der Waals surface area contributed by atoms with E-state index in [2.05, 4.69) is 10.6 Å². The van der Waals surface area contributed by atoms with Crippen molar-refractivity contribution in [3.8, 4) is 0 Å². The van der Waals surface area contributed by atoms with E-state index in [1.807, 2.05) is 0 Å². The average Bonchev–Trinajstić information content (AvgIpc) is 2.10. The third-order valence-corrected chi connectivity index (χ3v) is 2.15. The lowest BCUT2D eigenvalue weighted by molar-refractivity contribution is -0.123. The highest BCUT2D eigenvalue weighted by molar-refractivity contribution is 5.76. The second-order valence-corrected chi connectivity index (χ2v) is 3.60. The summed E-state index contributed by atoms with van der Waals surface area (Å²) in [7, 11) is 0. The second kappa shape index (κ2) is 6.36. The summed E-state index contributed by atoms with van der Waals surface area (Å²) >= 11 is 0. The van der Waals surface area contributed by atoms with Crippen molar-refractivity contribution in [2.24, 2.45) is 11.7 Å². The third-order valence-electron chi connectivity index (χ3n) is 2.15. The van der Waals surface area contributed by atoms with Crippen molar-refractivity contribution in [1.82, 2.24) is 10.6 Å². The number of primary amides is 1. The van der Waals surface area contributed by atoms with Crippen molar-refractivity contribution in [3.63, 3.8) is 0 Å². The van der Waals surface area contributed by atoms with E-state index in [1.54, 1.807) is 0 Å². The van der Waals surface area contributed by atoms with E-state index in [9.17, 15) is 9.59 Å². The summed E-state index contributed by atoms with van der Waals surface area (Å²) in [5.74, 6) is 0.00239. The van der Waals surface area contributed by atoms with E-state index in [0.717, 1.165) is 13.1 Å². The molecule has 1 heterocycles. The fourth-order valence-electron chi connectivity index (χ4n) is 1.26. The molecule has 4 N–H and O–H groups in total. The molecule has 1 fully saturated rings. The summed E-state index contributed by atoms with van der Waals surface area (Å²) in [5, 5.41) is 5.81. The molecule has 0 atom stereocenters. The van der Waals surface area contributed by atoms with Gasteiger partial charge in [-0.1, -0.05) is 0 Å². The van der Waals surface area contributed by atoms with Crippen LogP contribution in [0.15, 0.2) is 0 Å². The van der Waals surface area contributed by atoms with Crippen LogP contribution in [0.4, 0.5) is 0 Å². The van der Waals surface area contributed by atoms with Crippen LogP contribution in [0.5, 0.6) is 0 Å². The van der Waals surface area contributed by atoms with E-state index in [4.69, 9.17) is 10.5 Å². The van der Waals surface area contributed by atoms with Crippen LogP contribution in [0.25, 0.3) is 0 Å². The van der Waals surface area contributed by atoms with Crippen LogP contribution in [0.1, 0.15) is 6.42 Å². The summed E-state index contributed by atoms with van der Waals surface area (Å²) in [4.78, 5) is 21.5. The topological polar surface area (TPSA) is 93.5 Å². The zero-order valence-corrected chi connectivity index (χ0v) is 8.62. The maximum Gasteiger partial charge on any atom is 0.243 e. The van der Waals surface area contributed by atoms with Crippen molar-refractivity contribution in [2.75, 3.05) is 32.8 Å². The maximum absolute atomic E-state index is 11.3. The van der Waals surface area contributed by atoms with Crippen LogP contribution in [-0.2, 0) is 14.3 Å². The number of carbonyl (C=O) groups excluding carboxylic acids is 2. The zero-order chi connectivity index (χ0) is 11.1. The molecule has 0 saturated carbocycles. The standard InChI is InChI=1S/C9H17N3O3/c10-8(13)6-15-2-1-12-9(14)3-7-4-11-5-7/h7,11H,1-6H2,(H2,10,13)(H,12,14). The van der Waals surface area contributed by atoms with Gasteiger partial charge < -0.3 is 21.1 Å². The van der Waals surface area contributed by atoms with Gasteiger partial charge in [0, 0.05) is 13.0 Å². The maximum atomic E-state index is 11.3. The molecular weight excluding hydrogens is 198 g/mol. The first-order valence-corrected chi connectivity index (χ1v) is 5.02. The molecule has 1 aliphatic rings. The first kappa shape index (κ1) is 11.9. The molecule has 1 aliphatic heterocycles. The Balaban J connectivity index is 1.90. The first-order chi connectivity index (χ1) is 7.18. The minimum Gasteiger partial charge on any atom is -0.370 e. The van der Waals surface area contributed by atoms with E-state index in [1.165, 1.54) is 0 Å². The molecule has 0 bridgehead atoms. The predicted molar refractivity (Wildman–Crippen MR) is 54.0 cm³/mol. The number of carbonyl (C=O) groups is 2. The van der Waals surface area contributed by atoms with E-state index < -0.39 is 5.91 Å². The van der Waals surface area contributed by atoms with Crippen LogP contribution >= 0.6 is 0 Å². The molecule has 1 saturated heterocycles. The highest BCUT2D eigenvalue weighted by Crippen LogP contribution is 2.06. The van der Waals surface area contributed by atoms with Gasteiger partial charge in [0.05, 0.1) is 6.61 Å². The van der Waals surface area contributed by atoms with Crippen LogP contribution in [0.3, 0.4) is 0 Å². The van der Waals surface area contributed by atoms with Crippen molar-refractivity contribution >= 4 is 11.8 Å². The smallest absolute Gasteiger partial charge is 0.243 e. The van der Waals surface area contributed by atoms with E-state index >= 15 is 0 Å². The molecule has 6 heteroatoms. The summed E-state index contributed by atoms with van der Waals surface area (Å²) in [6.45, 7) is 2.49. The van der Waals surface area contributed by atoms with Crippen molar-refractivity contribution < 1.29 is 14.3 Å². The normalized spacial score (nSPS) is 15.7. The molecule has 0 unspecified atom stereocenters. The van der Waals surface area contributed by atoms with E-state index in [-0.39, 0.29) is 12.5 Å². The number of rotatable bonds is 7. The lowest BCUT2D eigenvalue weighted by Crippen LogP contribution is -2.44. The molecule has 0 spiro atoms. The minimum atomic E-state index is -0.498. The quantitative estimate of drug-likeness (QED) is 0.437. The molecule has 0 radical (unpaired) electrons. The fraction of sp³-hybridized carbons (Fsp3) is 0.778. The van der Waals surface area contributed by atoms with Gasteiger partial charge in [-0.25, -0.2) is 0 Å². The Hall–Kier alpha value is -1.14. The highest BCUT2D eigenvalue weighted by atomic mass is 16.5. The lowest BCUT2D eigenvalue weighted by Gasteiger charge is -2.26. The summed E-state index contributed by atoms with van der Waals surface area (Å²) in [6, 6.07) is 0. The molecule has 0 aliphatic carbocycles. The van der Waals surface area contributed by atoms with Crippen molar-refractivity contribution in [2.45, 2.75) is 6.42 Å². The molecule has 2 amide bonds. The largest absolute Gasteiger partial charge is 0.370 e. The molecule has 0 aromatic heterocycles. The molecule has 1 rings (SSSR count). The third kappa shape index (κ3) is 5.34. The fourth-order valence-corrected chi connectivity index (χ4v) is 1.26. The number of hydrogen-bond donors (Lipinski definition) is 3. The Labute approximate surface area is 88.5 Å². The van der Waals surface area contributed by atoms with Crippen LogP contribution in [0, 0.1) is 5.92 Å². The number of hydrogen-bond acceptors (Lipinski definition) is 4. The summed E-state index contributed by atoms with van der Waals surface area (Å²) < 4.78 is 4.89. The average molecular weight is 215 g/mol. The number of nitrogens with two attached hydrogens (primary N) is 1. The van der Waals surface area contributed by atoms with Gasteiger partial charge in [-0.2, -0.15) is 0 Å². The minimum absolute atomic E-state index is 0.0316. The molecule has 0 aromatic rings. The molecule has 0 aromatic carbocycles. The monoisotopic (exact) mass is 215 g/mol. The van der Waals surface area contributed by atoms with Gasteiger partial charge in [0.1, 0.15) is 6.61 Å². The Morgan fingerprint density at radius 1 is 1.47 bits per heavy atom. The van der Waals surface area contributed by atoms with E-state index in [0.29, 0.717) is 25.5 Å². The zero-order valence-electron chi connectivity index (χ0n) is 8.62. The number of nitrogens with one attached hydrogen (secondary N) is 2. The van der Waals surface area contributed by atoms with Crippen molar-refractivity contribution in [1.29, 1.82) is 0 Å². The number of ether oxygens (including phenoxy) is 1. The predicted octanol–water partition coefficient (Wildman–Crippen LogP) is -1.79. The van der Waals surface area contributed by atoms with Gasteiger partial charge in [0.15, 0.2) is 0 Å². The van der Waals surface area contributed by atoms with Gasteiger partial charge in [-0.05, 0) is 19.0 Å². The highest BCUT2D eigenvalue weighted by Gasteiger charge is 2.19. The molecule has 15 heavy (non-hydrogen) atoms. The van der Waals surface area contributed by atoms with Crippen LogP contribution < -0.4 is 16.4 Å². The number of amides is 2. The molecular formula is C9H17N3O3. The lowest BCUT2D eigenvalue weighted by atomic mass is 9.99. The Kier molecular flexibility index (Phi) is 5.06. The van der Waals surface area contributed by atoms with Crippen LogP contribution in [-0.4, -0.2) is 44.7 Å². The van der Waals surface area contributed by atoms with Crippen molar-refractivity contribution in [3.05, 3.63) is 0 Å². The summed E-state index contributed by atoms with van der Waals surface area (Å²) in [6.07, 6.45) is 0.558. The Morgan fingerprint density at radius 2 is 2.20 bits per heavy atom. The van der Waals surface area contributed by atoms with Gasteiger partial charge in [0.25, 0.3) is 0 Å². The van der Waals surface area contributed by atoms with Gasteiger partial charge in [0.2, 0.25) is 11.8 Å². The molecule has 86 valence electrons. The summed E-state index contributed by atoms with van der Waals surface area (Å²) in [5.41, 5.74) is 4.87.